The molecule has 2 nitrogen and oxygen atoms in total. The molecule has 0 heterocycles. The summed E-state index contributed by atoms with van der Waals surface area (Å²) in [6.07, 6.45) is 9.09. The lowest BCUT2D eigenvalue weighted by molar-refractivity contribution is 0.0281. The second kappa shape index (κ2) is 4.15. The Bertz CT molecular complexity index is 219. The van der Waals surface area contributed by atoms with E-state index in [4.69, 9.17) is 22.7 Å². The summed E-state index contributed by atoms with van der Waals surface area (Å²) in [4.78, 5) is 0.650. The highest BCUT2D eigenvalue weighted by Crippen LogP contribution is 2.49. The molecule has 14 heavy (non-hydrogen) atoms. The van der Waals surface area contributed by atoms with Crippen LogP contribution >= 0.6 is 12.2 Å². The van der Waals surface area contributed by atoms with Gasteiger partial charge in [-0.15, -0.1) is 0 Å². The monoisotopic (exact) mass is 213 g/mol. The Morgan fingerprint density at radius 3 is 2.50 bits per heavy atom. The molecule has 3 heteroatoms. The van der Waals surface area contributed by atoms with Gasteiger partial charge in [-0.3, -0.25) is 0 Å². The minimum absolute atomic E-state index is 0.342. The second-order valence-electron chi connectivity index (χ2n) is 4.86. The number of nitrogens with two attached hydrogens (primary N) is 1. The van der Waals surface area contributed by atoms with Crippen LogP contribution in [0, 0.1) is 5.41 Å². The van der Waals surface area contributed by atoms with Crippen molar-refractivity contribution in [3.63, 3.8) is 0 Å². The minimum atomic E-state index is 0.342. The van der Waals surface area contributed by atoms with Crippen LogP contribution in [0.4, 0.5) is 0 Å². The maximum atomic E-state index is 5.92. The van der Waals surface area contributed by atoms with Gasteiger partial charge in [0.1, 0.15) is 0 Å². The molecule has 0 radical (unpaired) electrons. The molecule has 0 aromatic carbocycles. The zero-order valence-electron chi connectivity index (χ0n) is 8.63. The first-order valence-corrected chi connectivity index (χ1v) is 6.01. The van der Waals surface area contributed by atoms with Crippen molar-refractivity contribution in [2.75, 3.05) is 6.61 Å². The van der Waals surface area contributed by atoms with E-state index >= 15 is 0 Å². The van der Waals surface area contributed by atoms with Crippen LogP contribution < -0.4 is 5.73 Å². The van der Waals surface area contributed by atoms with Crippen LogP contribution in [0.25, 0.3) is 0 Å². The molecule has 0 atom stereocenters. The van der Waals surface area contributed by atoms with E-state index in [1.165, 1.54) is 38.5 Å². The van der Waals surface area contributed by atoms with E-state index in [2.05, 4.69) is 0 Å². The topological polar surface area (TPSA) is 35.2 Å². The molecular weight excluding hydrogens is 194 g/mol. The fourth-order valence-corrected chi connectivity index (χ4v) is 2.57. The maximum Gasteiger partial charge on any atom is 0.0733 e. The number of ether oxygens (including phenoxy) is 1. The highest BCUT2D eigenvalue weighted by atomic mass is 32.1. The van der Waals surface area contributed by atoms with Crippen LogP contribution in [0.2, 0.25) is 0 Å². The van der Waals surface area contributed by atoms with Gasteiger partial charge in [0.25, 0.3) is 0 Å². The van der Waals surface area contributed by atoms with E-state index in [1.807, 2.05) is 0 Å². The number of hydrogen-bond acceptors (Lipinski definition) is 2. The fraction of sp³-hybridized carbons (Fsp3) is 0.909. The molecule has 2 fully saturated rings. The fourth-order valence-electron chi connectivity index (χ4n) is 2.27. The molecule has 80 valence electrons. The average Bonchev–Trinajstić information content (AvgIpc) is 2.68. The molecule has 0 aliphatic heterocycles. The molecule has 0 aromatic heterocycles. The molecule has 0 amide bonds. The summed E-state index contributed by atoms with van der Waals surface area (Å²) in [6.45, 7) is 0.884. The normalized spacial score (nSPS) is 25.1. The standard InChI is InChI=1S/C11H19NOS/c12-10(14)7-11(5-6-11)8-13-9-3-1-2-4-9/h9H,1-8H2,(H2,12,14). The summed E-state index contributed by atoms with van der Waals surface area (Å²) in [6, 6.07) is 0. The third-order valence-corrected chi connectivity index (χ3v) is 3.58. The van der Waals surface area contributed by atoms with E-state index in [1.54, 1.807) is 0 Å². The van der Waals surface area contributed by atoms with Gasteiger partial charge in [-0.05, 0) is 25.7 Å². The van der Waals surface area contributed by atoms with Crippen molar-refractivity contribution in [3.05, 3.63) is 0 Å². The van der Waals surface area contributed by atoms with Crippen LogP contribution in [0.5, 0.6) is 0 Å². The van der Waals surface area contributed by atoms with E-state index in [-0.39, 0.29) is 0 Å². The Morgan fingerprint density at radius 2 is 2.00 bits per heavy atom. The largest absolute Gasteiger partial charge is 0.393 e. The highest BCUT2D eigenvalue weighted by Gasteiger charge is 2.43. The van der Waals surface area contributed by atoms with Gasteiger partial charge < -0.3 is 10.5 Å². The molecule has 0 bridgehead atoms. The molecule has 2 N–H and O–H groups in total. The van der Waals surface area contributed by atoms with Gasteiger partial charge >= 0.3 is 0 Å². The molecule has 2 saturated carbocycles. The Morgan fingerprint density at radius 1 is 1.36 bits per heavy atom. The lowest BCUT2D eigenvalue weighted by Crippen LogP contribution is -2.22. The molecule has 2 aliphatic rings. The summed E-state index contributed by atoms with van der Waals surface area (Å²) in [5, 5.41) is 0. The van der Waals surface area contributed by atoms with E-state index in [0.717, 1.165) is 13.0 Å². The second-order valence-corrected chi connectivity index (χ2v) is 5.38. The first-order chi connectivity index (χ1) is 6.70. The predicted octanol–water partition coefficient (Wildman–Crippen LogP) is 2.40. The van der Waals surface area contributed by atoms with Crippen molar-refractivity contribution in [3.8, 4) is 0 Å². The number of thiocarbonyl (C=S) groups is 1. The first kappa shape index (κ1) is 10.4. The van der Waals surface area contributed by atoms with Crippen molar-refractivity contribution in [1.82, 2.24) is 0 Å². The van der Waals surface area contributed by atoms with Crippen molar-refractivity contribution in [2.45, 2.75) is 51.0 Å². The molecule has 0 unspecified atom stereocenters. The Hall–Kier alpha value is -0.150. The maximum absolute atomic E-state index is 5.92. The lowest BCUT2D eigenvalue weighted by atomic mass is 10.0. The molecule has 2 rings (SSSR count). The zero-order chi connectivity index (χ0) is 10.0. The lowest BCUT2D eigenvalue weighted by Gasteiger charge is -2.18. The smallest absolute Gasteiger partial charge is 0.0733 e. The summed E-state index contributed by atoms with van der Waals surface area (Å²) < 4.78 is 5.92. The minimum Gasteiger partial charge on any atom is -0.393 e. The summed E-state index contributed by atoms with van der Waals surface area (Å²) in [7, 11) is 0. The average molecular weight is 213 g/mol. The van der Waals surface area contributed by atoms with Gasteiger partial charge in [0.2, 0.25) is 0 Å². The van der Waals surface area contributed by atoms with Crippen molar-refractivity contribution in [1.29, 1.82) is 0 Å². The molecule has 2 aliphatic carbocycles. The van der Waals surface area contributed by atoms with E-state index in [0.29, 0.717) is 16.5 Å². The van der Waals surface area contributed by atoms with Gasteiger partial charge in [-0.25, -0.2) is 0 Å². The van der Waals surface area contributed by atoms with Crippen LogP contribution in [0.15, 0.2) is 0 Å². The highest BCUT2D eigenvalue weighted by molar-refractivity contribution is 7.80. The molecule has 0 aromatic rings. The third-order valence-electron chi connectivity index (χ3n) is 3.43. The number of rotatable bonds is 5. The summed E-state index contributed by atoms with van der Waals surface area (Å²) in [5.41, 5.74) is 5.92. The SMILES string of the molecule is NC(=S)CC1(COC2CCCC2)CC1. The Kier molecular flexibility index (Phi) is 3.07. The zero-order valence-corrected chi connectivity index (χ0v) is 9.44. The van der Waals surface area contributed by atoms with E-state index < -0.39 is 0 Å². The van der Waals surface area contributed by atoms with Gasteiger partial charge in [-0.1, -0.05) is 25.1 Å². The van der Waals surface area contributed by atoms with Crippen LogP contribution in [-0.2, 0) is 4.74 Å². The first-order valence-electron chi connectivity index (χ1n) is 5.60. The van der Waals surface area contributed by atoms with Gasteiger partial charge in [0.15, 0.2) is 0 Å². The number of hydrogen-bond donors (Lipinski definition) is 1. The van der Waals surface area contributed by atoms with Crippen LogP contribution in [0.3, 0.4) is 0 Å². The van der Waals surface area contributed by atoms with Gasteiger partial charge in [0.05, 0.1) is 17.7 Å². The van der Waals surface area contributed by atoms with Crippen LogP contribution in [-0.4, -0.2) is 17.7 Å². The Balaban J connectivity index is 1.71. The van der Waals surface area contributed by atoms with Gasteiger partial charge in [0, 0.05) is 11.8 Å². The summed E-state index contributed by atoms with van der Waals surface area (Å²) in [5.74, 6) is 0. The van der Waals surface area contributed by atoms with Gasteiger partial charge in [-0.2, -0.15) is 0 Å². The van der Waals surface area contributed by atoms with Crippen molar-refractivity contribution in [2.24, 2.45) is 11.1 Å². The molecular formula is C11H19NOS. The third kappa shape index (κ3) is 2.67. The Labute approximate surface area is 91.2 Å². The van der Waals surface area contributed by atoms with Crippen molar-refractivity contribution < 1.29 is 4.74 Å². The van der Waals surface area contributed by atoms with E-state index in [9.17, 15) is 0 Å². The van der Waals surface area contributed by atoms with Crippen molar-refractivity contribution >= 4 is 17.2 Å². The predicted molar refractivity (Wildman–Crippen MR) is 61.3 cm³/mol. The van der Waals surface area contributed by atoms with Crippen LogP contribution in [0.1, 0.15) is 44.9 Å². The molecule has 0 saturated heterocycles. The quantitative estimate of drug-likeness (QED) is 0.712. The summed E-state index contributed by atoms with van der Waals surface area (Å²) >= 11 is 4.95. The molecule has 0 spiro atoms.